The molecule has 3 aliphatic rings. The average molecular weight is 414 g/mol. The number of carbonyl (C=O) groups excluding carboxylic acids is 4. The summed E-state index contributed by atoms with van der Waals surface area (Å²) in [5.41, 5.74) is 0.271. The van der Waals surface area contributed by atoms with E-state index < -0.39 is 23.7 Å². The molecule has 0 radical (unpaired) electrons. The number of halogens is 1. The van der Waals surface area contributed by atoms with Crippen LogP contribution >= 0.6 is 0 Å². The lowest BCUT2D eigenvalue weighted by atomic mass is 9.84. The van der Waals surface area contributed by atoms with Crippen LogP contribution in [0.3, 0.4) is 0 Å². The summed E-state index contributed by atoms with van der Waals surface area (Å²) in [6, 6.07) is 2.08. The number of nitrogens with one attached hydrogen (secondary N) is 1. The van der Waals surface area contributed by atoms with Crippen LogP contribution in [0.15, 0.2) is 12.1 Å². The van der Waals surface area contributed by atoms with Crippen molar-refractivity contribution < 1.29 is 23.6 Å². The summed E-state index contributed by atoms with van der Waals surface area (Å²) in [5.74, 6) is -1.62. The number of hydrogen-bond donors (Lipinski definition) is 1. The van der Waals surface area contributed by atoms with Crippen LogP contribution in [0, 0.1) is 11.7 Å². The van der Waals surface area contributed by atoms with E-state index in [1.807, 2.05) is 6.92 Å². The summed E-state index contributed by atoms with van der Waals surface area (Å²) in [7, 11) is 0. The van der Waals surface area contributed by atoms with E-state index in [0.29, 0.717) is 5.92 Å². The Kier molecular flexibility index (Phi) is 5.71. The topological polar surface area (TPSA) is 83.6 Å². The molecule has 6 nitrogen and oxygen atoms in total. The normalized spacial score (nSPS) is 23.5. The Labute approximate surface area is 175 Å². The van der Waals surface area contributed by atoms with Crippen molar-refractivity contribution in [3.05, 3.63) is 34.6 Å². The standard InChI is InChI=1S/C23H27FN2O4/c1-13(14-5-3-2-4-6-14)25-22(29)17-9-8-16-18(21(17)24)12-26(23(16)30)19-10-7-15(27)11-20(19)28/h8-9,13-14,19H,2-7,10-12H2,1H3,(H,25,29)/t13-,19?/m0/s1. The van der Waals surface area contributed by atoms with Crippen LogP contribution in [-0.2, 0) is 16.1 Å². The molecule has 0 bridgehead atoms. The van der Waals surface area contributed by atoms with Gasteiger partial charge in [0.1, 0.15) is 11.6 Å². The van der Waals surface area contributed by atoms with Crippen molar-refractivity contribution in [1.82, 2.24) is 10.2 Å². The third-order valence-electron chi connectivity index (χ3n) is 6.84. The molecule has 2 saturated carbocycles. The van der Waals surface area contributed by atoms with E-state index in [0.717, 1.165) is 25.7 Å². The minimum Gasteiger partial charge on any atom is -0.349 e. The summed E-state index contributed by atoms with van der Waals surface area (Å²) >= 11 is 0. The van der Waals surface area contributed by atoms with Crippen LogP contribution in [0.2, 0.25) is 0 Å². The number of carbonyl (C=O) groups is 4. The zero-order chi connectivity index (χ0) is 21.4. The smallest absolute Gasteiger partial charge is 0.255 e. The molecule has 1 aromatic rings. The number of rotatable bonds is 4. The highest BCUT2D eigenvalue weighted by atomic mass is 19.1. The molecule has 2 amide bonds. The second kappa shape index (κ2) is 8.28. The Morgan fingerprint density at radius 3 is 2.57 bits per heavy atom. The summed E-state index contributed by atoms with van der Waals surface area (Å²) in [6.07, 6.45) is 5.99. The maximum absolute atomic E-state index is 15.2. The van der Waals surface area contributed by atoms with Gasteiger partial charge in [-0.25, -0.2) is 4.39 Å². The molecule has 1 heterocycles. The number of nitrogens with zero attached hydrogens (tertiary/aromatic N) is 1. The SMILES string of the molecule is C[C@H](NC(=O)c1ccc2c(c1F)CN(C1CCC(=O)CC1=O)C2=O)C1CCCCC1. The van der Waals surface area contributed by atoms with Crippen molar-refractivity contribution in [2.75, 3.05) is 0 Å². The summed E-state index contributed by atoms with van der Waals surface area (Å²) in [6.45, 7) is 1.91. The van der Waals surface area contributed by atoms with Gasteiger partial charge in [0.15, 0.2) is 5.78 Å². The van der Waals surface area contributed by atoms with Gasteiger partial charge in [-0.3, -0.25) is 19.2 Å². The highest BCUT2D eigenvalue weighted by molar-refractivity contribution is 6.08. The Morgan fingerprint density at radius 2 is 1.87 bits per heavy atom. The molecule has 0 spiro atoms. The van der Waals surface area contributed by atoms with Gasteiger partial charge in [0.2, 0.25) is 0 Å². The first-order chi connectivity index (χ1) is 14.4. The molecule has 7 heteroatoms. The lowest BCUT2D eigenvalue weighted by Crippen LogP contribution is -2.44. The van der Waals surface area contributed by atoms with Gasteiger partial charge in [-0.2, -0.15) is 0 Å². The largest absolute Gasteiger partial charge is 0.349 e. The molecule has 1 aromatic carbocycles. The van der Waals surface area contributed by atoms with Crippen molar-refractivity contribution in [2.24, 2.45) is 5.92 Å². The first kappa shape index (κ1) is 20.7. The third-order valence-corrected chi connectivity index (χ3v) is 6.84. The van der Waals surface area contributed by atoms with Gasteiger partial charge in [0, 0.05) is 23.6 Å². The lowest BCUT2D eigenvalue weighted by Gasteiger charge is -2.29. The first-order valence-electron chi connectivity index (χ1n) is 10.8. The Hall–Kier alpha value is -2.57. The molecule has 1 N–H and O–H groups in total. The molecule has 1 unspecified atom stereocenters. The Balaban J connectivity index is 1.50. The third kappa shape index (κ3) is 3.77. The number of Topliss-reactive ketones (excluding diaryl/α,β-unsaturated/α-hetero) is 2. The van der Waals surface area contributed by atoms with Gasteiger partial charge < -0.3 is 10.2 Å². The summed E-state index contributed by atoms with van der Waals surface area (Å²) in [5, 5.41) is 2.93. The van der Waals surface area contributed by atoms with Crippen LogP contribution < -0.4 is 5.32 Å². The van der Waals surface area contributed by atoms with Crippen LogP contribution in [0.5, 0.6) is 0 Å². The van der Waals surface area contributed by atoms with Crippen LogP contribution in [0.1, 0.15) is 84.6 Å². The minimum absolute atomic E-state index is 0.0408. The molecule has 2 aliphatic carbocycles. The number of benzene rings is 1. The number of amides is 2. The van der Waals surface area contributed by atoms with E-state index in [-0.39, 0.29) is 60.1 Å². The van der Waals surface area contributed by atoms with Gasteiger partial charge in [-0.05, 0) is 44.2 Å². The molecule has 2 fully saturated rings. The zero-order valence-corrected chi connectivity index (χ0v) is 17.2. The Bertz CT molecular complexity index is 907. The van der Waals surface area contributed by atoms with Gasteiger partial charge in [-0.15, -0.1) is 0 Å². The van der Waals surface area contributed by atoms with Gasteiger partial charge in [-0.1, -0.05) is 19.3 Å². The van der Waals surface area contributed by atoms with E-state index in [9.17, 15) is 19.2 Å². The van der Waals surface area contributed by atoms with E-state index in [4.69, 9.17) is 0 Å². The quantitative estimate of drug-likeness (QED) is 0.767. The van der Waals surface area contributed by atoms with E-state index in [1.54, 1.807) is 0 Å². The van der Waals surface area contributed by atoms with Gasteiger partial charge in [0.05, 0.1) is 24.6 Å². The molecule has 0 aromatic heterocycles. The molecular formula is C23H27FN2O4. The maximum Gasteiger partial charge on any atom is 0.255 e. The average Bonchev–Trinajstić information content (AvgIpc) is 3.06. The van der Waals surface area contributed by atoms with Crippen molar-refractivity contribution in [3.63, 3.8) is 0 Å². The second-order valence-corrected chi connectivity index (χ2v) is 8.78. The van der Waals surface area contributed by atoms with Gasteiger partial charge in [0.25, 0.3) is 11.8 Å². The lowest BCUT2D eigenvalue weighted by molar-refractivity contribution is -0.133. The second-order valence-electron chi connectivity index (χ2n) is 8.78. The highest BCUT2D eigenvalue weighted by Crippen LogP contribution is 2.32. The zero-order valence-electron chi connectivity index (χ0n) is 17.2. The van der Waals surface area contributed by atoms with Crippen LogP contribution in [-0.4, -0.2) is 40.4 Å². The molecule has 4 rings (SSSR count). The number of hydrogen-bond acceptors (Lipinski definition) is 4. The van der Waals surface area contributed by atoms with E-state index >= 15 is 4.39 Å². The van der Waals surface area contributed by atoms with Gasteiger partial charge >= 0.3 is 0 Å². The van der Waals surface area contributed by atoms with Crippen molar-refractivity contribution in [2.45, 2.75) is 76.9 Å². The monoisotopic (exact) mass is 414 g/mol. The van der Waals surface area contributed by atoms with Crippen molar-refractivity contribution >= 4 is 23.4 Å². The van der Waals surface area contributed by atoms with Crippen molar-refractivity contribution in [3.8, 4) is 0 Å². The molecule has 30 heavy (non-hydrogen) atoms. The molecular weight excluding hydrogens is 387 g/mol. The van der Waals surface area contributed by atoms with Crippen LogP contribution in [0.4, 0.5) is 4.39 Å². The molecule has 1 aliphatic heterocycles. The fraction of sp³-hybridized carbons (Fsp3) is 0.565. The van der Waals surface area contributed by atoms with Crippen molar-refractivity contribution in [1.29, 1.82) is 0 Å². The van der Waals surface area contributed by atoms with Crippen LogP contribution in [0.25, 0.3) is 0 Å². The fourth-order valence-corrected chi connectivity index (χ4v) is 5.03. The van der Waals surface area contributed by atoms with E-state index in [1.165, 1.54) is 23.5 Å². The highest BCUT2D eigenvalue weighted by Gasteiger charge is 2.40. The minimum atomic E-state index is -0.703. The molecule has 0 saturated heterocycles. The first-order valence-corrected chi connectivity index (χ1v) is 10.8. The molecule has 2 atom stereocenters. The molecule has 160 valence electrons. The predicted molar refractivity (Wildman–Crippen MR) is 107 cm³/mol. The summed E-state index contributed by atoms with van der Waals surface area (Å²) in [4.78, 5) is 50.6. The number of ketones is 2. The fourth-order valence-electron chi connectivity index (χ4n) is 5.03. The predicted octanol–water partition coefficient (Wildman–Crippen LogP) is 3.17. The maximum atomic E-state index is 15.2. The number of fused-ring (bicyclic) bond motifs is 1. The summed E-state index contributed by atoms with van der Waals surface area (Å²) < 4.78 is 15.2. The Morgan fingerprint density at radius 1 is 1.13 bits per heavy atom. The van der Waals surface area contributed by atoms with E-state index in [2.05, 4.69) is 5.32 Å².